The van der Waals surface area contributed by atoms with Gasteiger partial charge in [0.2, 0.25) is 11.9 Å². The molecule has 6 rings (SSSR count). The highest BCUT2D eigenvalue weighted by Crippen LogP contribution is 2.48. The Balaban J connectivity index is 1.14. The summed E-state index contributed by atoms with van der Waals surface area (Å²) in [6.07, 6.45) is 7.33. The minimum absolute atomic E-state index is 0.203. The Morgan fingerprint density at radius 2 is 2.00 bits per heavy atom. The molecule has 7 heteroatoms. The zero-order valence-electron chi connectivity index (χ0n) is 18.7. The number of carbonyl (C=O) groups excluding carboxylic acids is 1. The highest BCUT2D eigenvalue weighted by atomic mass is 35.5. The van der Waals surface area contributed by atoms with Gasteiger partial charge in [0.05, 0.1) is 21.7 Å². The highest BCUT2D eigenvalue weighted by Gasteiger charge is 2.42. The number of fused-ring (bicyclic) bond motifs is 3. The number of anilines is 3. The summed E-state index contributed by atoms with van der Waals surface area (Å²) >= 11 is 6.47. The maximum atomic E-state index is 12.7. The molecule has 1 amide bonds. The van der Waals surface area contributed by atoms with Crippen molar-refractivity contribution in [1.82, 2.24) is 15.3 Å². The van der Waals surface area contributed by atoms with E-state index in [1.54, 1.807) is 0 Å². The number of rotatable bonds is 6. The molecule has 3 fully saturated rings. The van der Waals surface area contributed by atoms with Gasteiger partial charge in [-0.3, -0.25) is 4.79 Å². The molecular formula is C26H30ClN5O. The highest BCUT2D eigenvalue weighted by molar-refractivity contribution is 6.33. The number of benzene rings is 2. The SMILES string of the molecule is O=C(NCc1ccc(Cl)c(Nc2nc3cc(N4CCCC4)ccc3[nH]2)c1)[C@@H]1C[C@@H]2CCC1C2. The molecule has 3 N–H and O–H groups in total. The van der Waals surface area contributed by atoms with Crippen LogP contribution in [0, 0.1) is 17.8 Å². The molecule has 3 atom stereocenters. The number of aromatic nitrogens is 2. The molecule has 0 spiro atoms. The van der Waals surface area contributed by atoms with Gasteiger partial charge in [-0.1, -0.05) is 24.1 Å². The van der Waals surface area contributed by atoms with Gasteiger partial charge in [-0.2, -0.15) is 0 Å². The fourth-order valence-electron chi connectivity index (χ4n) is 6.02. The molecule has 1 unspecified atom stereocenters. The van der Waals surface area contributed by atoms with E-state index in [1.165, 1.54) is 37.8 Å². The second kappa shape index (κ2) is 8.56. The second-order valence-electron chi connectivity index (χ2n) is 9.92. The first-order valence-electron chi connectivity index (χ1n) is 12.2. The normalized spacial score (nSPS) is 24.0. The quantitative estimate of drug-likeness (QED) is 0.444. The van der Waals surface area contributed by atoms with E-state index < -0.39 is 0 Å². The summed E-state index contributed by atoms with van der Waals surface area (Å²) in [5.74, 6) is 2.44. The zero-order chi connectivity index (χ0) is 22.4. The van der Waals surface area contributed by atoms with Crippen LogP contribution >= 0.6 is 11.6 Å². The summed E-state index contributed by atoms with van der Waals surface area (Å²) in [7, 11) is 0. The summed E-state index contributed by atoms with van der Waals surface area (Å²) in [6, 6.07) is 12.2. The third kappa shape index (κ3) is 4.17. The van der Waals surface area contributed by atoms with Crippen LogP contribution in [0.4, 0.5) is 17.3 Å². The van der Waals surface area contributed by atoms with Crippen LogP contribution in [0.1, 0.15) is 44.1 Å². The number of hydrogen-bond acceptors (Lipinski definition) is 4. The van der Waals surface area contributed by atoms with Crippen LogP contribution in [0.25, 0.3) is 11.0 Å². The van der Waals surface area contributed by atoms with E-state index in [0.717, 1.165) is 47.7 Å². The molecule has 1 aromatic heterocycles. The average Bonchev–Trinajstić information content (AvgIpc) is 3.63. The first-order chi connectivity index (χ1) is 16.1. The lowest BCUT2D eigenvalue weighted by molar-refractivity contribution is -0.126. The van der Waals surface area contributed by atoms with Crippen LogP contribution in [-0.4, -0.2) is 29.0 Å². The van der Waals surface area contributed by atoms with Gasteiger partial charge in [-0.25, -0.2) is 4.98 Å². The molecule has 6 nitrogen and oxygen atoms in total. The Morgan fingerprint density at radius 3 is 2.79 bits per heavy atom. The zero-order valence-corrected chi connectivity index (χ0v) is 19.5. The number of imidazole rings is 1. The van der Waals surface area contributed by atoms with Crippen molar-refractivity contribution in [2.75, 3.05) is 23.3 Å². The lowest BCUT2D eigenvalue weighted by Gasteiger charge is -2.21. The molecule has 2 aliphatic carbocycles. The second-order valence-corrected chi connectivity index (χ2v) is 10.3. The van der Waals surface area contributed by atoms with E-state index in [2.05, 4.69) is 38.7 Å². The van der Waals surface area contributed by atoms with Gasteiger partial charge < -0.3 is 20.5 Å². The molecule has 33 heavy (non-hydrogen) atoms. The minimum Gasteiger partial charge on any atom is -0.371 e. The summed E-state index contributed by atoms with van der Waals surface area (Å²) in [5, 5.41) is 7.11. The Bertz CT molecular complexity index is 1180. The molecule has 3 aromatic rings. The maximum Gasteiger partial charge on any atom is 0.223 e. The predicted octanol–water partition coefficient (Wildman–Crippen LogP) is 5.61. The third-order valence-electron chi connectivity index (χ3n) is 7.76. The van der Waals surface area contributed by atoms with Crippen LogP contribution < -0.4 is 15.5 Å². The molecule has 1 saturated heterocycles. The van der Waals surface area contributed by atoms with E-state index in [0.29, 0.717) is 23.4 Å². The molecule has 3 aliphatic rings. The standard InChI is InChI=1S/C26H30ClN5O/c27-21-7-4-17(15-28-25(33)20-12-16-3-5-18(20)11-16)13-23(21)30-26-29-22-8-6-19(14-24(22)31-26)32-9-1-2-10-32/h4,6-8,13-14,16,18,20H,1-3,5,9-12,15H2,(H,28,33)(H2,29,30,31)/t16-,18?,20-/m1/s1. The lowest BCUT2D eigenvalue weighted by atomic mass is 9.88. The van der Waals surface area contributed by atoms with Crippen LogP contribution in [0.2, 0.25) is 5.02 Å². The van der Waals surface area contributed by atoms with Crippen molar-refractivity contribution < 1.29 is 4.79 Å². The first-order valence-corrected chi connectivity index (χ1v) is 12.6. The van der Waals surface area contributed by atoms with Crippen molar-refractivity contribution in [2.45, 2.75) is 45.1 Å². The summed E-state index contributed by atoms with van der Waals surface area (Å²) in [4.78, 5) is 23.2. The van der Waals surface area contributed by atoms with Crippen molar-refractivity contribution in [3.05, 3.63) is 47.0 Å². The molecule has 2 heterocycles. The fraction of sp³-hybridized carbons (Fsp3) is 0.462. The monoisotopic (exact) mass is 463 g/mol. The van der Waals surface area contributed by atoms with Crippen molar-refractivity contribution in [3.63, 3.8) is 0 Å². The minimum atomic E-state index is 0.203. The van der Waals surface area contributed by atoms with Crippen molar-refractivity contribution in [3.8, 4) is 0 Å². The van der Waals surface area contributed by atoms with Gasteiger partial charge in [0.1, 0.15) is 0 Å². The Labute approximate surface area is 199 Å². The van der Waals surface area contributed by atoms with Crippen LogP contribution in [-0.2, 0) is 11.3 Å². The third-order valence-corrected chi connectivity index (χ3v) is 8.09. The van der Waals surface area contributed by atoms with Crippen molar-refractivity contribution in [2.24, 2.45) is 17.8 Å². The summed E-state index contributed by atoms with van der Waals surface area (Å²) in [5.41, 5.74) is 4.95. The molecule has 2 aromatic carbocycles. The van der Waals surface area contributed by atoms with Crippen LogP contribution in [0.15, 0.2) is 36.4 Å². The van der Waals surface area contributed by atoms with E-state index in [1.807, 2.05) is 18.2 Å². The van der Waals surface area contributed by atoms with Gasteiger partial charge in [-0.15, -0.1) is 0 Å². The fourth-order valence-corrected chi connectivity index (χ4v) is 6.18. The Kier molecular flexibility index (Phi) is 5.41. The van der Waals surface area contributed by atoms with E-state index in [4.69, 9.17) is 16.6 Å². The van der Waals surface area contributed by atoms with E-state index >= 15 is 0 Å². The predicted molar refractivity (Wildman–Crippen MR) is 133 cm³/mol. The van der Waals surface area contributed by atoms with E-state index in [9.17, 15) is 4.79 Å². The topological polar surface area (TPSA) is 73.1 Å². The van der Waals surface area contributed by atoms with Crippen LogP contribution in [0.3, 0.4) is 0 Å². The number of hydrogen-bond donors (Lipinski definition) is 3. The lowest BCUT2D eigenvalue weighted by Crippen LogP contribution is -2.33. The average molecular weight is 464 g/mol. The van der Waals surface area contributed by atoms with Gasteiger partial charge >= 0.3 is 0 Å². The molecule has 2 bridgehead atoms. The number of carbonyl (C=O) groups is 1. The molecule has 0 radical (unpaired) electrons. The smallest absolute Gasteiger partial charge is 0.223 e. The molecule has 1 aliphatic heterocycles. The number of aromatic amines is 1. The Hall–Kier alpha value is -2.73. The molecule has 2 saturated carbocycles. The number of amides is 1. The van der Waals surface area contributed by atoms with Crippen molar-refractivity contribution in [1.29, 1.82) is 0 Å². The summed E-state index contributed by atoms with van der Waals surface area (Å²) < 4.78 is 0. The largest absolute Gasteiger partial charge is 0.371 e. The van der Waals surface area contributed by atoms with Gasteiger partial charge in [0, 0.05) is 31.2 Å². The number of H-pyrrole nitrogens is 1. The maximum absolute atomic E-state index is 12.7. The summed E-state index contributed by atoms with van der Waals surface area (Å²) in [6.45, 7) is 2.74. The number of nitrogens with zero attached hydrogens (tertiary/aromatic N) is 2. The number of nitrogens with one attached hydrogen (secondary N) is 3. The molecular weight excluding hydrogens is 434 g/mol. The van der Waals surface area contributed by atoms with Crippen molar-refractivity contribution >= 4 is 45.9 Å². The number of halogens is 1. The molecule has 172 valence electrons. The van der Waals surface area contributed by atoms with Gasteiger partial charge in [0.15, 0.2) is 0 Å². The van der Waals surface area contributed by atoms with Crippen LogP contribution in [0.5, 0.6) is 0 Å². The van der Waals surface area contributed by atoms with Gasteiger partial charge in [-0.05, 0) is 79.8 Å². The van der Waals surface area contributed by atoms with Gasteiger partial charge in [0.25, 0.3) is 0 Å². The first kappa shape index (κ1) is 20.8. The van der Waals surface area contributed by atoms with E-state index in [-0.39, 0.29) is 11.8 Å². The Morgan fingerprint density at radius 1 is 1.12 bits per heavy atom.